The first-order chi connectivity index (χ1) is 10.9. The fraction of sp³-hybridized carbons (Fsp3) is 0.684. The highest BCUT2D eigenvalue weighted by Gasteiger charge is 2.61. The number of rotatable bonds is 5. The lowest BCUT2D eigenvalue weighted by atomic mass is 9.69. The van der Waals surface area contributed by atoms with E-state index in [0.29, 0.717) is 11.0 Å². The first-order valence-corrected chi connectivity index (χ1v) is 8.89. The maximum Gasteiger partial charge on any atom is 0.253 e. The number of carbonyl (C=O) groups excluding carboxylic acids is 1. The summed E-state index contributed by atoms with van der Waals surface area (Å²) in [6, 6.07) is 4.03. The Morgan fingerprint density at radius 3 is 2.65 bits per heavy atom. The molecule has 2 aliphatic rings. The van der Waals surface area contributed by atoms with E-state index in [1.807, 2.05) is 12.1 Å². The van der Waals surface area contributed by atoms with E-state index in [1.54, 1.807) is 6.20 Å². The van der Waals surface area contributed by atoms with E-state index in [2.05, 4.69) is 43.3 Å². The van der Waals surface area contributed by atoms with Crippen LogP contribution in [0.1, 0.15) is 63.7 Å². The molecule has 4 nitrogen and oxygen atoms in total. The van der Waals surface area contributed by atoms with Crippen molar-refractivity contribution in [1.29, 1.82) is 0 Å². The highest BCUT2D eigenvalue weighted by Crippen LogP contribution is 2.65. The van der Waals surface area contributed by atoms with Gasteiger partial charge >= 0.3 is 0 Å². The van der Waals surface area contributed by atoms with Crippen LogP contribution >= 0.6 is 0 Å². The molecule has 0 spiro atoms. The van der Waals surface area contributed by atoms with Crippen LogP contribution in [-0.4, -0.2) is 23.5 Å². The van der Waals surface area contributed by atoms with E-state index in [4.69, 9.17) is 0 Å². The minimum atomic E-state index is 0.00844. The first kappa shape index (κ1) is 16.3. The maximum absolute atomic E-state index is 12.6. The van der Waals surface area contributed by atoms with Gasteiger partial charge in [0.05, 0.1) is 5.56 Å². The van der Waals surface area contributed by atoms with Crippen molar-refractivity contribution in [3.63, 3.8) is 0 Å². The molecule has 0 aliphatic heterocycles. The van der Waals surface area contributed by atoms with Gasteiger partial charge in [0.15, 0.2) is 0 Å². The van der Waals surface area contributed by atoms with Gasteiger partial charge in [-0.15, -0.1) is 0 Å². The van der Waals surface area contributed by atoms with Crippen molar-refractivity contribution in [1.82, 2.24) is 10.3 Å². The highest BCUT2D eigenvalue weighted by atomic mass is 16.1. The monoisotopic (exact) mass is 315 g/mol. The summed E-state index contributed by atoms with van der Waals surface area (Å²) in [4.78, 5) is 16.9. The number of hydrogen-bond donors (Lipinski definition) is 2. The Kier molecular flexibility index (Phi) is 4.11. The van der Waals surface area contributed by atoms with E-state index in [0.717, 1.165) is 31.1 Å². The number of amides is 1. The molecule has 2 bridgehead atoms. The third kappa shape index (κ3) is 2.62. The molecule has 3 atom stereocenters. The van der Waals surface area contributed by atoms with Crippen LogP contribution in [0.5, 0.6) is 0 Å². The number of nitrogens with zero attached hydrogens (tertiary/aromatic N) is 1. The van der Waals surface area contributed by atoms with E-state index < -0.39 is 0 Å². The van der Waals surface area contributed by atoms with E-state index in [1.165, 1.54) is 12.8 Å². The van der Waals surface area contributed by atoms with Gasteiger partial charge in [-0.3, -0.25) is 4.79 Å². The molecule has 0 saturated heterocycles. The Morgan fingerprint density at radius 1 is 1.35 bits per heavy atom. The summed E-state index contributed by atoms with van der Waals surface area (Å²) in [6.45, 7) is 10.1. The summed E-state index contributed by atoms with van der Waals surface area (Å²) in [5.41, 5.74) is 1.18. The molecule has 4 heteroatoms. The molecular formula is C19H29N3O. The van der Waals surface area contributed by atoms with Crippen molar-refractivity contribution >= 4 is 11.7 Å². The van der Waals surface area contributed by atoms with Crippen LogP contribution in [0.25, 0.3) is 0 Å². The molecule has 2 aliphatic carbocycles. The lowest BCUT2D eigenvalue weighted by Gasteiger charge is -2.39. The van der Waals surface area contributed by atoms with Gasteiger partial charge in [0, 0.05) is 18.8 Å². The van der Waals surface area contributed by atoms with Crippen molar-refractivity contribution in [2.45, 2.75) is 59.4 Å². The lowest BCUT2D eigenvalue weighted by Crippen LogP contribution is -2.46. The predicted molar refractivity (Wildman–Crippen MR) is 93.5 cm³/mol. The molecule has 1 heterocycles. The normalized spacial score (nSPS) is 31.1. The predicted octanol–water partition coefficient (Wildman–Crippen LogP) is 3.85. The number of aromatic nitrogens is 1. The smallest absolute Gasteiger partial charge is 0.253 e. The van der Waals surface area contributed by atoms with Gasteiger partial charge in [0.2, 0.25) is 0 Å². The molecule has 3 rings (SSSR count). The van der Waals surface area contributed by atoms with Crippen molar-refractivity contribution in [2.75, 3.05) is 11.9 Å². The second-order valence-corrected chi connectivity index (χ2v) is 8.00. The van der Waals surface area contributed by atoms with Gasteiger partial charge in [0.1, 0.15) is 5.82 Å². The Labute approximate surface area is 139 Å². The molecule has 2 N–H and O–H groups in total. The fourth-order valence-electron chi connectivity index (χ4n) is 4.55. The molecule has 0 radical (unpaired) electrons. The summed E-state index contributed by atoms with van der Waals surface area (Å²) in [6.07, 6.45) is 6.36. The quantitative estimate of drug-likeness (QED) is 0.868. The Hall–Kier alpha value is -1.58. The summed E-state index contributed by atoms with van der Waals surface area (Å²) < 4.78 is 0. The van der Waals surface area contributed by atoms with Crippen LogP contribution in [0.15, 0.2) is 18.3 Å². The van der Waals surface area contributed by atoms with Gasteiger partial charge in [-0.25, -0.2) is 4.98 Å². The number of hydrogen-bond acceptors (Lipinski definition) is 3. The molecule has 126 valence electrons. The molecular weight excluding hydrogens is 286 g/mol. The van der Waals surface area contributed by atoms with Crippen LogP contribution in [0.4, 0.5) is 5.82 Å². The third-order valence-corrected chi connectivity index (χ3v) is 6.68. The SMILES string of the molecule is CCCNc1ccc(C(=O)N[C@@H]2C[C@H]3CC[C@]2(C)C3(C)C)cn1. The molecule has 1 aromatic heterocycles. The summed E-state index contributed by atoms with van der Waals surface area (Å²) in [5.74, 6) is 1.57. The van der Waals surface area contributed by atoms with Crippen LogP contribution < -0.4 is 10.6 Å². The molecule has 0 aromatic carbocycles. The molecule has 23 heavy (non-hydrogen) atoms. The Morgan fingerprint density at radius 2 is 2.13 bits per heavy atom. The topological polar surface area (TPSA) is 54.0 Å². The van der Waals surface area contributed by atoms with Gasteiger partial charge in [-0.1, -0.05) is 27.7 Å². The molecule has 0 unspecified atom stereocenters. The highest BCUT2D eigenvalue weighted by molar-refractivity contribution is 5.94. The number of carbonyl (C=O) groups is 1. The zero-order valence-electron chi connectivity index (χ0n) is 14.8. The van der Waals surface area contributed by atoms with Crippen molar-refractivity contribution in [2.24, 2.45) is 16.7 Å². The zero-order valence-corrected chi connectivity index (χ0v) is 14.8. The van der Waals surface area contributed by atoms with Gasteiger partial charge in [-0.2, -0.15) is 0 Å². The second kappa shape index (κ2) is 5.81. The van der Waals surface area contributed by atoms with Gasteiger partial charge < -0.3 is 10.6 Å². The zero-order chi connectivity index (χ0) is 16.7. The summed E-state index contributed by atoms with van der Waals surface area (Å²) in [5, 5.41) is 6.52. The number of fused-ring (bicyclic) bond motifs is 2. The van der Waals surface area contributed by atoms with E-state index >= 15 is 0 Å². The second-order valence-electron chi connectivity index (χ2n) is 8.00. The minimum absolute atomic E-state index is 0.00844. The van der Waals surface area contributed by atoms with Crippen molar-refractivity contribution in [3.8, 4) is 0 Å². The first-order valence-electron chi connectivity index (χ1n) is 8.89. The lowest BCUT2D eigenvalue weighted by molar-refractivity contribution is 0.0826. The van der Waals surface area contributed by atoms with Crippen LogP contribution in [0, 0.1) is 16.7 Å². The molecule has 1 aromatic rings. The number of anilines is 1. The van der Waals surface area contributed by atoms with Gasteiger partial charge in [0.25, 0.3) is 5.91 Å². The van der Waals surface area contributed by atoms with Crippen LogP contribution in [0.3, 0.4) is 0 Å². The number of nitrogens with one attached hydrogen (secondary N) is 2. The minimum Gasteiger partial charge on any atom is -0.370 e. The fourth-order valence-corrected chi connectivity index (χ4v) is 4.55. The Bertz CT molecular complexity index is 581. The largest absolute Gasteiger partial charge is 0.370 e. The van der Waals surface area contributed by atoms with Gasteiger partial charge in [-0.05, 0) is 54.6 Å². The average Bonchev–Trinajstić information content (AvgIpc) is 2.86. The molecule has 2 fully saturated rings. The number of pyridine rings is 1. The van der Waals surface area contributed by atoms with Crippen LogP contribution in [0.2, 0.25) is 0 Å². The molecule has 1 amide bonds. The average molecular weight is 315 g/mol. The van der Waals surface area contributed by atoms with Crippen LogP contribution in [-0.2, 0) is 0 Å². The summed E-state index contributed by atoms with van der Waals surface area (Å²) in [7, 11) is 0. The Balaban J connectivity index is 1.66. The molecule has 2 saturated carbocycles. The summed E-state index contributed by atoms with van der Waals surface area (Å²) >= 11 is 0. The van der Waals surface area contributed by atoms with E-state index in [-0.39, 0.29) is 17.4 Å². The van der Waals surface area contributed by atoms with Crippen molar-refractivity contribution < 1.29 is 4.79 Å². The standard InChI is InChI=1S/C19H29N3O/c1-5-10-20-16-7-6-13(12-21-16)17(23)22-15-11-14-8-9-19(15,4)18(14,2)3/h6-7,12,14-15H,5,8-11H2,1-4H3,(H,20,21)(H,22,23)/t14-,15-,19+/m1/s1. The van der Waals surface area contributed by atoms with Crippen molar-refractivity contribution in [3.05, 3.63) is 23.9 Å². The van der Waals surface area contributed by atoms with E-state index in [9.17, 15) is 4.79 Å². The maximum atomic E-state index is 12.6. The third-order valence-electron chi connectivity index (χ3n) is 6.68.